The van der Waals surface area contributed by atoms with Crippen LogP contribution in [0.15, 0.2) is 42.5 Å². The van der Waals surface area contributed by atoms with Crippen LogP contribution in [0.4, 0.5) is 21.5 Å². The molecule has 3 aromatic rings. The first kappa shape index (κ1) is 15.5. The number of halogens is 1. The van der Waals surface area contributed by atoms with Crippen LogP contribution in [-0.4, -0.2) is 10.2 Å². The maximum Gasteiger partial charge on any atom is 0.123 e. The molecule has 1 aliphatic rings. The molecule has 1 aliphatic carbocycles. The zero-order valence-electron chi connectivity index (χ0n) is 13.7. The summed E-state index contributed by atoms with van der Waals surface area (Å²) in [7, 11) is 0. The lowest BCUT2D eigenvalue weighted by atomic mass is 10.0. The van der Waals surface area contributed by atoms with Crippen molar-refractivity contribution in [1.29, 1.82) is 0 Å². The van der Waals surface area contributed by atoms with E-state index < -0.39 is 0 Å². The molecule has 25 heavy (non-hydrogen) atoms. The molecule has 6 heteroatoms. The fourth-order valence-corrected chi connectivity index (χ4v) is 2.93. The second-order valence-corrected chi connectivity index (χ2v) is 6.45. The molecule has 0 saturated heterocycles. The van der Waals surface area contributed by atoms with E-state index in [0.717, 1.165) is 28.2 Å². The first-order valence-corrected chi connectivity index (χ1v) is 8.34. The number of aromatic amines is 1. The quantitative estimate of drug-likeness (QED) is 0.532. The topological polar surface area (TPSA) is 92.7 Å². The maximum absolute atomic E-state index is 13.0. The maximum atomic E-state index is 13.0. The van der Waals surface area contributed by atoms with Gasteiger partial charge in [0.15, 0.2) is 0 Å². The van der Waals surface area contributed by atoms with E-state index in [2.05, 4.69) is 15.5 Å². The minimum atomic E-state index is -0.245. The Bertz CT molecular complexity index is 897. The Morgan fingerprint density at radius 2 is 1.88 bits per heavy atom. The summed E-state index contributed by atoms with van der Waals surface area (Å²) in [6.45, 7) is 0.552. The number of nitrogens with two attached hydrogens (primary N) is 2. The molecule has 1 fully saturated rings. The van der Waals surface area contributed by atoms with Crippen molar-refractivity contribution in [3.63, 3.8) is 0 Å². The number of nitrogens with zero attached hydrogens (tertiary/aromatic N) is 1. The average Bonchev–Trinajstić information content (AvgIpc) is 3.35. The highest BCUT2D eigenvalue weighted by Crippen LogP contribution is 2.42. The van der Waals surface area contributed by atoms with Crippen LogP contribution in [-0.2, 0) is 6.54 Å². The first-order valence-electron chi connectivity index (χ1n) is 8.34. The van der Waals surface area contributed by atoms with Crippen LogP contribution in [0, 0.1) is 5.82 Å². The van der Waals surface area contributed by atoms with Crippen molar-refractivity contribution in [2.24, 2.45) is 0 Å². The van der Waals surface area contributed by atoms with Gasteiger partial charge in [-0.1, -0.05) is 12.1 Å². The van der Waals surface area contributed by atoms with Crippen molar-refractivity contribution in [2.75, 3.05) is 16.8 Å². The van der Waals surface area contributed by atoms with E-state index in [0.29, 0.717) is 23.8 Å². The Balaban J connectivity index is 1.64. The SMILES string of the molecule is Nc1ccc(NCc2ccc(F)cc2)c(-c2cc(C3CC3)[nH]n2)c1N. The van der Waals surface area contributed by atoms with Crippen LogP contribution in [0.25, 0.3) is 11.3 Å². The lowest BCUT2D eigenvalue weighted by molar-refractivity contribution is 0.627. The Morgan fingerprint density at radius 1 is 1.12 bits per heavy atom. The van der Waals surface area contributed by atoms with Gasteiger partial charge in [0.25, 0.3) is 0 Å². The van der Waals surface area contributed by atoms with E-state index in [-0.39, 0.29) is 5.82 Å². The molecule has 0 aliphatic heterocycles. The number of nitrogens with one attached hydrogen (secondary N) is 2. The Morgan fingerprint density at radius 3 is 2.60 bits per heavy atom. The fourth-order valence-electron chi connectivity index (χ4n) is 2.93. The lowest BCUT2D eigenvalue weighted by Crippen LogP contribution is -2.05. The molecule has 0 amide bonds. The van der Waals surface area contributed by atoms with Crippen LogP contribution < -0.4 is 16.8 Å². The molecule has 0 spiro atoms. The minimum absolute atomic E-state index is 0.245. The van der Waals surface area contributed by atoms with Gasteiger partial charge < -0.3 is 16.8 Å². The molecule has 0 bridgehead atoms. The minimum Gasteiger partial charge on any atom is -0.397 e. The van der Waals surface area contributed by atoms with Crippen molar-refractivity contribution in [2.45, 2.75) is 25.3 Å². The second kappa shape index (κ2) is 6.12. The van der Waals surface area contributed by atoms with Gasteiger partial charge in [0.2, 0.25) is 0 Å². The molecule has 128 valence electrons. The number of rotatable bonds is 5. The van der Waals surface area contributed by atoms with Crippen LogP contribution in [0.2, 0.25) is 0 Å². The Kier molecular flexibility index (Phi) is 3.80. The van der Waals surface area contributed by atoms with Gasteiger partial charge in [0.05, 0.1) is 22.6 Å². The van der Waals surface area contributed by atoms with E-state index in [9.17, 15) is 4.39 Å². The molecule has 1 saturated carbocycles. The molecular formula is C19H20FN5. The van der Waals surface area contributed by atoms with Crippen LogP contribution in [0.3, 0.4) is 0 Å². The number of aromatic nitrogens is 2. The van der Waals surface area contributed by atoms with Gasteiger partial charge >= 0.3 is 0 Å². The molecule has 4 rings (SSSR count). The summed E-state index contributed by atoms with van der Waals surface area (Å²) in [5.41, 5.74) is 17.8. The standard InChI is InChI=1S/C19H20FN5/c20-13-5-1-11(2-6-13)10-23-15-8-7-14(21)19(22)18(15)17-9-16(24-25-17)12-3-4-12/h1-2,5-9,12,23H,3-4,10,21-22H2,(H,24,25). The molecule has 0 unspecified atom stereocenters. The van der Waals surface area contributed by atoms with Gasteiger partial charge in [0, 0.05) is 23.8 Å². The molecule has 6 N–H and O–H groups in total. The monoisotopic (exact) mass is 337 g/mol. The summed E-state index contributed by atoms with van der Waals surface area (Å²) in [5.74, 6) is 0.337. The normalized spacial score (nSPS) is 13.8. The van der Waals surface area contributed by atoms with Gasteiger partial charge in [-0.3, -0.25) is 5.10 Å². The molecule has 0 radical (unpaired) electrons. The highest BCUT2D eigenvalue weighted by Gasteiger charge is 2.26. The zero-order chi connectivity index (χ0) is 17.4. The lowest BCUT2D eigenvalue weighted by Gasteiger charge is -2.14. The smallest absolute Gasteiger partial charge is 0.123 e. The summed E-state index contributed by atoms with van der Waals surface area (Å²) in [4.78, 5) is 0. The molecule has 2 aromatic carbocycles. The van der Waals surface area contributed by atoms with Gasteiger partial charge in [0.1, 0.15) is 5.82 Å². The summed E-state index contributed by atoms with van der Waals surface area (Å²) < 4.78 is 13.0. The summed E-state index contributed by atoms with van der Waals surface area (Å²) in [6.07, 6.45) is 2.40. The number of hydrogen-bond acceptors (Lipinski definition) is 4. The third-order valence-electron chi connectivity index (χ3n) is 4.55. The summed E-state index contributed by atoms with van der Waals surface area (Å²) >= 11 is 0. The van der Waals surface area contributed by atoms with Crippen molar-refractivity contribution in [3.05, 3.63) is 59.5 Å². The highest BCUT2D eigenvalue weighted by atomic mass is 19.1. The second-order valence-electron chi connectivity index (χ2n) is 6.45. The average molecular weight is 337 g/mol. The molecular weight excluding hydrogens is 317 g/mol. The molecule has 1 heterocycles. The zero-order valence-corrected chi connectivity index (χ0v) is 13.7. The van der Waals surface area contributed by atoms with Crippen LogP contribution in [0.5, 0.6) is 0 Å². The van der Waals surface area contributed by atoms with Crippen LogP contribution in [0.1, 0.15) is 30.0 Å². The first-order chi connectivity index (χ1) is 12.1. The third-order valence-corrected chi connectivity index (χ3v) is 4.55. The van der Waals surface area contributed by atoms with Crippen LogP contribution >= 0.6 is 0 Å². The molecule has 1 aromatic heterocycles. The van der Waals surface area contributed by atoms with Crippen molar-refractivity contribution < 1.29 is 4.39 Å². The van der Waals surface area contributed by atoms with E-state index in [1.807, 2.05) is 12.1 Å². The summed E-state index contributed by atoms with van der Waals surface area (Å²) in [5, 5.41) is 10.9. The van der Waals surface area contributed by atoms with Gasteiger partial charge in [-0.25, -0.2) is 4.39 Å². The number of benzene rings is 2. The van der Waals surface area contributed by atoms with Crippen molar-refractivity contribution in [3.8, 4) is 11.3 Å². The van der Waals surface area contributed by atoms with Crippen molar-refractivity contribution >= 4 is 17.1 Å². The van der Waals surface area contributed by atoms with E-state index >= 15 is 0 Å². The van der Waals surface area contributed by atoms with E-state index in [1.165, 1.54) is 25.0 Å². The number of anilines is 3. The third kappa shape index (κ3) is 3.15. The van der Waals surface area contributed by atoms with Gasteiger partial charge in [-0.05, 0) is 48.7 Å². The van der Waals surface area contributed by atoms with Crippen molar-refractivity contribution in [1.82, 2.24) is 10.2 Å². The molecule has 5 nitrogen and oxygen atoms in total. The van der Waals surface area contributed by atoms with E-state index in [4.69, 9.17) is 11.5 Å². The summed E-state index contributed by atoms with van der Waals surface area (Å²) in [6, 6.07) is 12.1. The number of nitrogen functional groups attached to an aromatic ring is 2. The predicted octanol–water partition coefficient (Wildman–Crippen LogP) is 3.87. The van der Waals surface area contributed by atoms with E-state index in [1.54, 1.807) is 18.2 Å². The Labute approximate surface area is 145 Å². The highest BCUT2D eigenvalue weighted by molar-refractivity contribution is 5.92. The fraction of sp³-hybridized carbons (Fsp3) is 0.211. The number of hydrogen-bond donors (Lipinski definition) is 4. The predicted molar refractivity (Wildman–Crippen MR) is 98.6 cm³/mol. The van der Waals surface area contributed by atoms with Gasteiger partial charge in [-0.15, -0.1) is 0 Å². The van der Waals surface area contributed by atoms with Gasteiger partial charge in [-0.2, -0.15) is 5.10 Å². The number of H-pyrrole nitrogens is 1. The Hall–Kier alpha value is -3.02. The largest absolute Gasteiger partial charge is 0.397 e. The molecule has 0 atom stereocenters.